The number of hydrogen-bond donors (Lipinski definition) is 2. The number of anilines is 1. The lowest BCUT2D eigenvalue weighted by Gasteiger charge is -2.04. The molecule has 5 nitrogen and oxygen atoms in total. The summed E-state index contributed by atoms with van der Waals surface area (Å²) in [5.41, 5.74) is 1.27. The lowest BCUT2D eigenvalue weighted by atomic mass is 10.2. The lowest BCUT2D eigenvalue weighted by molar-refractivity contribution is -0.113. The second-order valence-electron chi connectivity index (χ2n) is 3.97. The van der Waals surface area contributed by atoms with Gasteiger partial charge in [-0.25, -0.2) is 8.42 Å². The maximum absolute atomic E-state index is 11.4. The van der Waals surface area contributed by atoms with Gasteiger partial charge in [-0.1, -0.05) is 11.8 Å². The number of aliphatic hydroxyl groups excluding tert-OH is 1. The van der Waals surface area contributed by atoms with Gasteiger partial charge in [0, 0.05) is 23.9 Å². The number of nitrogens with one attached hydrogen (secondary N) is 1. The minimum absolute atomic E-state index is 0.0205. The molecule has 0 bridgehead atoms. The van der Waals surface area contributed by atoms with Crippen molar-refractivity contribution in [2.45, 2.75) is 6.42 Å². The molecule has 1 aromatic carbocycles. The molecule has 19 heavy (non-hydrogen) atoms. The van der Waals surface area contributed by atoms with Crippen molar-refractivity contribution in [2.24, 2.45) is 0 Å². The van der Waals surface area contributed by atoms with Crippen molar-refractivity contribution in [3.8, 4) is 11.8 Å². The molecule has 6 heteroatoms. The number of benzene rings is 1. The fourth-order valence-corrected chi connectivity index (χ4v) is 1.84. The molecule has 0 atom stereocenters. The average Bonchev–Trinajstić information content (AvgIpc) is 2.29. The maximum atomic E-state index is 11.4. The van der Waals surface area contributed by atoms with Crippen molar-refractivity contribution in [1.29, 1.82) is 0 Å². The standard InChI is InChI=1S/C13H15NO4S/c1-19(17,18)10-13(16)14-12-7-5-11(6-8-12)4-2-3-9-15/h5-8,15H,3,9-10H2,1H3,(H,14,16). The number of rotatable bonds is 4. The first-order valence-corrected chi connectivity index (χ1v) is 7.64. The molecule has 102 valence electrons. The third-order valence-electron chi connectivity index (χ3n) is 2.03. The van der Waals surface area contributed by atoms with Crippen molar-refractivity contribution in [3.63, 3.8) is 0 Å². The molecule has 0 saturated heterocycles. The summed E-state index contributed by atoms with van der Waals surface area (Å²) >= 11 is 0. The van der Waals surface area contributed by atoms with Gasteiger partial charge in [0.15, 0.2) is 9.84 Å². The summed E-state index contributed by atoms with van der Waals surface area (Å²) in [5, 5.41) is 11.1. The van der Waals surface area contributed by atoms with Crippen LogP contribution in [0.15, 0.2) is 24.3 Å². The molecule has 0 aromatic heterocycles. The first kappa shape index (κ1) is 15.2. The number of sulfone groups is 1. The number of hydrogen-bond acceptors (Lipinski definition) is 4. The summed E-state index contributed by atoms with van der Waals surface area (Å²) in [5.74, 6) is 4.52. The number of amides is 1. The first-order chi connectivity index (χ1) is 8.90. The summed E-state index contributed by atoms with van der Waals surface area (Å²) in [4.78, 5) is 11.4. The smallest absolute Gasteiger partial charge is 0.239 e. The van der Waals surface area contributed by atoms with Crippen LogP contribution in [0.25, 0.3) is 0 Å². The zero-order valence-electron chi connectivity index (χ0n) is 10.5. The number of aliphatic hydroxyl groups is 1. The van der Waals surface area contributed by atoms with E-state index >= 15 is 0 Å². The Morgan fingerprint density at radius 3 is 2.47 bits per heavy atom. The van der Waals surface area contributed by atoms with Gasteiger partial charge in [0.25, 0.3) is 0 Å². The quantitative estimate of drug-likeness (QED) is 0.783. The van der Waals surface area contributed by atoms with E-state index in [1.807, 2.05) is 0 Å². The fraction of sp³-hybridized carbons (Fsp3) is 0.308. The molecule has 2 N–H and O–H groups in total. The molecular weight excluding hydrogens is 266 g/mol. The molecule has 0 aliphatic carbocycles. The third kappa shape index (κ3) is 6.60. The van der Waals surface area contributed by atoms with Crippen LogP contribution in [0.3, 0.4) is 0 Å². The van der Waals surface area contributed by atoms with E-state index in [-0.39, 0.29) is 6.61 Å². The second-order valence-corrected chi connectivity index (χ2v) is 6.11. The van der Waals surface area contributed by atoms with Gasteiger partial charge < -0.3 is 10.4 Å². The molecular formula is C13H15NO4S. The molecule has 0 aliphatic heterocycles. The zero-order chi connectivity index (χ0) is 14.3. The van der Waals surface area contributed by atoms with E-state index in [0.717, 1.165) is 11.8 Å². The summed E-state index contributed by atoms with van der Waals surface area (Å²) in [6.45, 7) is 0.0205. The van der Waals surface area contributed by atoms with Crippen molar-refractivity contribution in [2.75, 3.05) is 23.9 Å². The van der Waals surface area contributed by atoms with Gasteiger partial charge in [-0.05, 0) is 24.3 Å². The van der Waals surface area contributed by atoms with E-state index in [2.05, 4.69) is 17.2 Å². The lowest BCUT2D eigenvalue weighted by Crippen LogP contribution is -2.21. The average molecular weight is 281 g/mol. The molecule has 1 aromatic rings. The molecule has 0 radical (unpaired) electrons. The molecule has 0 unspecified atom stereocenters. The molecule has 0 spiro atoms. The monoisotopic (exact) mass is 281 g/mol. The van der Waals surface area contributed by atoms with E-state index in [1.54, 1.807) is 24.3 Å². The highest BCUT2D eigenvalue weighted by molar-refractivity contribution is 7.91. The van der Waals surface area contributed by atoms with Crippen LogP contribution in [0.5, 0.6) is 0 Å². The van der Waals surface area contributed by atoms with Crippen molar-refractivity contribution >= 4 is 21.4 Å². The highest BCUT2D eigenvalue weighted by Gasteiger charge is 2.10. The Morgan fingerprint density at radius 2 is 1.95 bits per heavy atom. The second kappa shape index (κ2) is 6.92. The van der Waals surface area contributed by atoms with Gasteiger partial charge >= 0.3 is 0 Å². The van der Waals surface area contributed by atoms with E-state index in [1.165, 1.54) is 0 Å². The van der Waals surface area contributed by atoms with Crippen molar-refractivity contribution < 1.29 is 18.3 Å². The van der Waals surface area contributed by atoms with Crippen LogP contribution >= 0.6 is 0 Å². The molecule has 0 fully saturated rings. The third-order valence-corrected chi connectivity index (χ3v) is 2.82. The van der Waals surface area contributed by atoms with Gasteiger partial charge in [0.1, 0.15) is 5.75 Å². The molecule has 0 heterocycles. The molecule has 1 amide bonds. The Kier molecular flexibility index (Phi) is 5.55. The SMILES string of the molecule is CS(=O)(=O)CC(=O)Nc1ccc(C#CCCO)cc1. The summed E-state index contributed by atoms with van der Waals surface area (Å²) < 4.78 is 21.9. The van der Waals surface area contributed by atoms with E-state index in [0.29, 0.717) is 12.1 Å². The van der Waals surface area contributed by atoms with Crippen LogP contribution in [0.1, 0.15) is 12.0 Å². The zero-order valence-corrected chi connectivity index (χ0v) is 11.3. The van der Waals surface area contributed by atoms with Crippen molar-refractivity contribution in [3.05, 3.63) is 29.8 Å². The van der Waals surface area contributed by atoms with Crippen LogP contribution in [-0.2, 0) is 14.6 Å². The largest absolute Gasteiger partial charge is 0.395 e. The van der Waals surface area contributed by atoms with Gasteiger partial charge in [-0.15, -0.1) is 0 Å². The van der Waals surface area contributed by atoms with Gasteiger partial charge in [0.05, 0.1) is 6.61 Å². The predicted molar refractivity (Wildman–Crippen MR) is 73.4 cm³/mol. The number of carbonyl (C=O) groups excluding carboxylic acids is 1. The fourth-order valence-electron chi connectivity index (χ4n) is 1.29. The van der Waals surface area contributed by atoms with Gasteiger partial charge in [-0.2, -0.15) is 0 Å². The Balaban J connectivity index is 2.63. The summed E-state index contributed by atoms with van der Waals surface area (Å²) in [6, 6.07) is 6.70. The Labute approximate surface area is 112 Å². The molecule has 0 saturated carbocycles. The topological polar surface area (TPSA) is 83.5 Å². The summed E-state index contributed by atoms with van der Waals surface area (Å²) in [7, 11) is -3.32. The van der Waals surface area contributed by atoms with Gasteiger partial charge in [-0.3, -0.25) is 4.79 Å². The van der Waals surface area contributed by atoms with Crippen LogP contribution in [-0.4, -0.2) is 38.0 Å². The molecule has 0 aliphatic rings. The highest BCUT2D eigenvalue weighted by atomic mass is 32.2. The van der Waals surface area contributed by atoms with Crippen LogP contribution in [0.2, 0.25) is 0 Å². The highest BCUT2D eigenvalue weighted by Crippen LogP contribution is 2.08. The van der Waals surface area contributed by atoms with Crippen LogP contribution in [0, 0.1) is 11.8 Å². The Hall–Kier alpha value is -1.84. The van der Waals surface area contributed by atoms with E-state index in [4.69, 9.17) is 5.11 Å². The van der Waals surface area contributed by atoms with Gasteiger partial charge in [0.2, 0.25) is 5.91 Å². The number of carbonyl (C=O) groups is 1. The Bertz CT molecular complexity index is 594. The van der Waals surface area contributed by atoms with Crippen molar-refractivity contribution in [1.82, 2.24) is 0 Å². The van der Waals surface area contributed by atoms with Crippen LogP contribution in [0.4, 0.5) is 5.69 Å². The predicted octanol–water partition coefficient (Wildman–Crippen LogP) is 0.404. The minimum atomic E-state index is -3.32. The summed E-state index contributed by atoms with van der Waals surface area (Å²) in [6.07, 6.45) is 1.42. The normalized spacial score (nSPS) is 10.4. The molecule has 1 rings (SSSR count). The minimum Gasteiger partial charge on any atom is -0.395 e. The Morgan fingerprint density at radius 1 is 1.32 bits per heavy atom. The maximum Gasteiger partial charge on any atom is 0.239 e. The first-order valence-electron chi connectivity index (χ1n) is 5.58. The van der Waals surface area contributed by atoms with Crippen LogP contribution < -0.4 is 5.32 Å². The van der Waals surface area contributed by atoms with E-state index < -0.39 is 21.5 Å². The van der Waals surface area contributed by atoms with E-state index in [9.17, 15) is 13.2 Å².